The number of nitrogens with one attached hydrogen (secondary N) is 1. The van der Waals surface area contributed by atoms with Crippen molar-refractivity contribution >= 4 is 27.5 Å². The maximum atomic E-state index is 12.5. The van der Waals surface area contributed by atoms with E-state index in [1.807, 2.05) is 0 Å². The van der Waals surface area contributed by atoms with Crippen molar-refractivity contribution in [3.8, 4) is 0 Å². The number of esters is 1. The first-order valence-corrected chi connectivity index (χ1v) is 9.10. The van der Waals surface area contributed by atoms with Crippen LogP contribution in [0.15, 0.2) is 4.79 Å². The van der Waals surface area contributed by atoms with Crippen LogP contribution in [0.5, 0.6) is 0 Å². The Bertz CT molecular complexity index is 838. The largest absolute Gasteiger partial charge is 0.462 e. The van der Waals surface area contributed by atoms with E-state index in [0.29, 0.717) is 39.1 Å². The van der Waals surface area contributed by atoms with E-state index in [2.05, 4.69) is 4.98 Å². The third-order valence-corrected chi connectivity index (χ3v) is 6.53. The standard InChI is InChI=1S/C17H20N2O3S/c1-3-22-17(21)13-8(2)12-15(20)18-14(19-16(12)23-13)11-7-9-4-5-10(11)6-9/h9-11H,3-7H2,1-2H3,(H,18,19,20)/t9-,10-,11+/m0/s1. The average Bonchev–Trinajstić information content (AvgIpc) is 3.21. The quantitative estimate of drug-likeness (QED) is 0.875. The average molecular weight is 332 g/mol. The van der Waals surface area contributed by atoms with Gasteiger partial charge < -0.3 is 9.72 Å². The van der Waals surface area contributed by atoms with Crippen molar-refractivity contribution in [2.24, 2.45) is 11.8 Å². The topological polar surface area (TPSA) is 72.0 Å². The predicted molar refractivity (Wildman–Crippen MR) is 89.1 cm³/mol. The van der Waals surface area contributed by atoms with Crippen LogP contribution in [0.2, 0.25) is 0 Å². The lowest BCUT2D eigenvalue weighted by Gasteiger charge is -2.20. The molecule has 5 nitrogen and oxygen atoms in total. The Morgan fingerprint density at radius 2 is 2.22 bits per heavy atom. The van der Waals surface area contributed by atoms with Gasteiger partial charge in [0.05, 0.1) is 12.0 Å². The van der Waals surface area contributed by atoms with Crippen molar-refractivity contribution in [1.29, 1.82) is 0 Å². The first-order valence-electron chi connectivity index (χ1n) is 8.29. The maximum Gasteiger partial charge on any atom is 0.348 e. The van der Waals surface area contributed by atoms with Gasteiger partial charge >= 0.3 is 5.97 Å². The normalized spacial score (nSPS) is 26.1. The highest BCUT2D eigenvalue weighted by atomic mass is 32.1. The van der Waals surface area contributed by atoms with Gasteiger partial charge in [0.25, 0.3) is 5.56 Å². The second-order valence-electron chi connectivity index (χ2n) is 6.69. The van der Waals surface area contributed by atoms with Crippen molar-refractivity contribution < 1.29 is 9.53 Å². The number of rotatable bonds is 3. The SMILES string of the molecule is CCOC(=O)c1sc2nc([C@@H]3C[C@H]4CC[C@H]3C4)[nH]c(=O)c2c1C. The molecule has 1 N–H and O–H groups in total. The number of aromatic nitrogens is 2. The molecule has 2 aromatic heterocycles. The van der Waals surface area contributed by atoms with E-state index in [9.17, 15) is 9.59 Å². The summed E-state index contributed by atoms with van der Waals surface area (Å²) in [5, 5.41) is 0.532. The second kappa shape index (κ2) is 5.44. The van der Waals surface area contributed by atoms with Gasteiger partial charge in [-0.25, -0.2) is 9.78 Å². The van der Waals surface area contributed by atoms with E-state index in [-0.39, 0.29) is 11.5 Å². The molecule has 4 rings (SSSR count). The van der Waals surface area contributed by atoms with Crippen LogP contribution in [0.3, 0.4) is 0 Å². The molecule has 2 bridgehead atoms. The number of hydrogen-bond donors (Lipinski definition) is 1. The smallest absolute Gasteiger partial charge is 0.348 e. The van der Waals surface area contributed by atoms with Crippen LogP contribution in [-0.2, 0) is 4.74 Å². The summed E-state index contributed by atoms with van der Waals surface area (Å²) in [6.45, 7) is 3.89. The summed E-state index contributed by atoms with van der Waals surface area (Å²) < 4.78 is 5.08. The van der Waals surface area contributed by atoms with E-state index in [1.54, 1.807) is 13.8 Å². The number of aromatic amines is 1. The third-order valence-electron chi connectivity index (χ3n) is 5.37. The second-order valence-corrected chi connectivity index (χ2v) is 7.69. The lowest BCUT2D eigenvalue weighted by Crippen LogP contribution is -2.18. The lowest BCUT2D eigenvalue weighted by molar-refractivity contribution is 0.0531. The highest BCUT2D eigenvalue weighted by Gasteiger charge is 2.41. The van der Waals surface area contributed by atoms with Crippen LogP contribution < -0.4 is 5.56 Å². The van der Waals surface area contributed by atoms with E-state index >= 15 is 0 Å². The molecule has 0 unspecified atom stereocenters. The van der Waals surface area contributed by atoms with Crippen molar-refractivity contribution in [3.63, 3.8) is 0 Å². The number of fused-ring (bicyclic) bond motifs is 3. The summed E-state index contributed by atoms with van der Waals surface area (Å²) in [5.74, 6) is 2.27. The monoisotopic (exact) mass is 332 g/mol. The molecule has 2 fully saturated rings. The molecular formula is C17H20N2O3S. The highest BCUT2D eigenvalue weighted by molar-refractivity contribution is 7.20. The van der Waals surface area contributed by atoms with E-state index < -0.39 is 0 Å². The molecule has 0 aliphatic heterocycles. The van der Waals surface area contributed by atoms with Crippen molar-refractivity contribution in [1.82, 2.24) is 9.97 Å². The number of hydrogen-bond acceptors (Lipinski definition) is 5. The molecule has 2 aromatic rings. The molecule has 23 heavy (non-hydrogen) atoms. The van der Waals surface area contributed by atoms with Crippen molar-refractivity contribution in [2.45, 2.75) is 45.4 Å². The minimum absolute atomic E-state index is 0.128. The van der Waals surface area contributed by atoms with Crippen LogP contribution in [0, 0.1) is 18.8 Å². The Labute approximate surface area is 138 Å². The molecular weight excluding hydrogens is 312 g/mol. The van der Waals surface area contributed by atoms with Crippen LogP contribution >= 0.6 is 11.3 Å². The van der Waals surface area contributed by atoms with E-state index in [1.165, 1.54) is 30.6 Å². The van der Waals surface area contributed by atoms with Gasteiger partial charge in [0.2, 0.25) is 0 Å². The van der Waals surface area contributed by atoms with Crippen LogP contribution in [0.4, 0.5) is 0 Å². The molecule has 0 amide bonds. The fraction of sp³-hybridized carbons (Fsp3) is 0.588. The Morgan fingerprint density at radius 1 is 1.39 bits per heavy atom. The third kappa shape index (κ3) is 2.31. The molecule has 0 radical (unpaired) electrons. The van der Waals surface area contributed by atoms with Crippen LogP contribution in [0.1, 0.15) is 59.6 Å². The summed E-state index contributed by atoms with van der Waals surface area (Å²) in [7, 11) is 0. The first-order chi connectivity index (χ1) is 11.1. The summed E-state index contributed by atoms with van der Waals surface area (Å²) in [5.41, 5.74) is 0.550. The summed E-state index contributed by atoms with van der Waals surface area (Å²) in [6.07, 6.45) is 4.96. The molecule has 0 aromatic carbocycles. The van der Waals surface area contributed by atoms with Gasteiger partial charge in [0.15, 0.2) is 0 Å². The fourth-order valence-electron chi connectivity index (χ4n) is 4.31. The molecule has 2 aliphatic carbocycles. The zero-order valence-corrected chi connectivity index (χ0v) is 14.2. The van der Waals surface area contributed by atoms with Gasteiger partial charge in [-0.2, -0.15) is 0 Å². The number of thiophene rings is 1. The highest BCUT2D eigenvalue weighted by Crippen LogP contribution is 2.52. The van der Waals surface area contributed by atoms with Gasteiger partial charge in [-0.05, 0) is 50.5 Å². The molecule has 122 valence electrons. The zero-order valence-electron chi connectivity index (χ0n) is 13.3. The molecule has 2 aliphatic rings. The Balaban J connectivity index is 1.78. The minimum Gasteiger partial charge on any atom is -0.462 e. The molecule has 0 spiro atoms. The Morgan fingerprint density at radius 3 is 2.87 bits per heavy atom. The Kier molecular flexibility index (Phi) is 3.52. The number of aryl methyl sites for hydroxylation is 1. The molecule has 0 saturated heterocycles. The van der Waals surface area contributed by atoms with Crippen LogP contribution in [-0.4, -0.2) is 22.5 Å². The van der Waals surface area contributed by atoms with E-state index in [0.717, 1.165) is 18.2 Å². The number of carbonyl (C=O) groups excluding carboxylic acids is 1. The van der Waals surface area contributed by atoms with Crippen LogP contribution in [0.25, 0.3) is 10.2 Å². The van der Waals surface area contributed by atoms with Gasteiger partial charge in [-0.15, -0.1) is 11.3 Å². The summed E-state index contributed by atoms with van der Waals surface area (Å²) in [4.78, 5) is 33.4. The first kappa shape index (κ1) is 14.9. The number of ether oxygens (including phenoxy) is 1. The Hall–Kier alpha value is -1.69. The number of carbonyl (C=O) groups is 1. The molecule has 6 heteroatoms. The van der Waals surface area contributed by atoms with E-state index in [4.69, 9.17) is 9.72 Å². The number of nitrogens with zero attached hydrogens (tertiary/aromatic N) is 1. The number of H-pyrrole nitrogens is 1. The lowest BCUT2D eigenvalue weighted by atomic mass is 9.88. The fourth-order valence-corrected chi connectivity index (χ4v) is 5.39. The van der Waals surface area contributed by atoms with Crippen molar-refractivity contribution in [2.75, 3.05) is 6.61 Å². The maximum absolute atomic E-state index is 12.5. The van der Waals surface area contributed by atoms with Crippen molar-refractivity contribution in [3.05, 3.63) is 26.6 Å². The molecule has 3 atom stereocenters. The van der Waals surface area contributed by atoms with Gasteiger partial charge in [0, 0.05) is 5.92 Å². The molecule has 2 heterocycles. The summed E-state index contributed by atoms with van der Waals surface area (Å²) in [6, 6.07) is 0. The molecule has 2 saturated carbocycles. The van der Waals surface area contributed by atoms with Gasteiger partial charge in [-0.3, -0.25) is 4.79 Å². The van der Waals surface area contributed by atoms with Gasteiger partial charge in [0.1, 0.15) is 15.5 Å². The van der Waals surface area contributed by atoms with Gasteiger partial charge in [-0.1, -0.05) is 6.42 Å². The zero-order chi connectivity index (χ0) is 16.1. The summed E-state index contributed by atoms with van der Waals surface area (Å²) >= 11 is 1.27. The minimum atomic E-state index is -0.367. The predicted octanol–water partition coefficient (Wildman–Crippen LogP) is 3.37.